The number of halogens is 1. The molecule has 0 aliphatic carbocycles. The highest BCUT2D eigenvalue weighted by molar-refractivity contribution is 5.80. The Balaban J connectivity index is 1.86. The Morgan fingerprint density at radius 1 is 1.18 bits per heavy atom. The predicted octanol–water partition coefficient (Wildman–Crippen LogP) is 2.46. The van der Waals surface area contributed by atoms with Crippen molar-refractivity contribution in [3.63, 3.8) is 0 Å². The van der Waals surface area contributed by atoms with Crippen LogP contribution in [0.3, 0.4) is 0 Å². The van der Waals surface area contributed by atoms with Crippen molar-refractivity contribution in [1.82, 2.24) is 5.32 Å². The fraction of sp³-hybridized carbons (Fsp3) is 0.133. The van der Waals surface area contributed by atoms with Gasteiger partial charge in [0.25, 0.3) is 0 Å². The van der Waals surface area contributed by atoms with Crippen molar-refractivity contribution in [2.75, 3.05) is 11.9 Å². The summed E-state index contributed by atoms with van der Waals surface area (Å²) < 4.78 is 13.2. The molecule has 22 heavy (non-hydrogen) atoms. The first-order chi connectivity index (χ1) is 10.6. The lowest BCUT2D eigenvalue weighted by Crippen LogP contribution is -2.29. The number of nitrogens with zero attached hydrogens (tertiary/aromatic N) is 1. The summed E-state index contributed by atoms with van der Waals surface area (Å²) in [5.41, 5.74) is 0.644. The Kier molecular flexibility index (Phi) is 5.02. The van der Waals surface area contributed by atoms with Crippen molar-refractivity contribution >= 4 is 17.3 Å². The fourth-order valence-electron chi connectivity index (χ4n) is 1.80. The monoisotopic (exact) mass is 303 g/mol. The third-order valence-corrected chi connectivity index (χ3v) is 2.93. The third kappa shape index (κ3) is 4.27. The second-order valence-corrected chi connectivity index (χ2v) is 4.54. The summed E-state index contributed by atoms with van der Waals surface area (Å²) in [6, 6.07) is 12.8. The summed E-state index contributed by atoms with van der Waals surface area (Å²) in [5, 5.41) is 16.1. The number of hydrogen-bond acceptors (Lipinski definition) is 4. The molecule has 6 nitrogen and oxygen atoms in total. The minimum Gasteiger partial charge on any atom is -0.376 e. The van der Waals surface area contributed by atoms with E-state index in [1.165, 1.54) is 6.07 Å². The Labute approximate surface area is 126 Å². The molecule has 0 atom stereocenters. The summed E-state index contributed by atoms with van der Waals surface area (Å²) in [6.07, 6.45) is 0. The first-order valence-electron chi connectivity index (χ1n) is 6.54. The molecule has 2 aromatic rings. The van der Waals surface area contributed by atoms with Gasteiger partial charge in [-0.2, -0.15) is 4.39 Å². The van der Waals surface area contributed by atoms with Crippen molar-refractivity contribution in [3.8, 4) is 0 Å². The summed E-state index contributed by atoms with van der Waals surface area (Å²) in [4.78, 5) is 21.5. The highest BCUT2D eigenvalue weighted by atomic mass is 19.1. The number of nitro groups is 1. The van der Waals surface area contributed by atoms with Crippen LogP contribution in [0.4, 0.5) is 15.8 Å². The zero-order valence-electron chi connectivity index (χ0n) is 11.6. The van der Waals surface area contributed by atoms with Crippen LogP contribution in [-0.4, -0.2) is 17.4 Å². The van der Waals surface area contributed by atoms with Crippen LogP contribution in [0.25, 0.3) is 0 Å². The zero-order valence-corrected chi connectivity index (χ0v) is 11.6. The number of anilines is 1. The van der Waals surface area contributed by atoms with E-state index in [1.807, 2.05) is 30.3 Å². The lowest BCUT2D eigenvalue weighted by atomic mass is 10.2. The van der Waals surface area contributed by atoms with Crippen LogP contribution in [0.2, 0.25) is 0 Å². The Morgan fingerprint density at radius 2 is 1.91 bits per heavy atom. The quantitative estimate of drug-likeness (QED) is 0.634. The Morgan fingerprint density at radius 3 is 2.59 bits per heavy atom. The average Bonchev–Trinajstić information content (AvgIpc) is 2.53. The van der Waals surface area contributed by atoms with Gasteiger partial charge in [-0.15, -0.1) is 0 Å². The molecule has 2 aromatic carbocycles. The standard InChI is InChI=1S/C15H14FN3O3/c16-13-7-6-12(8-14(13)19(21)22)17-10-15(20)18-9-11-4-2-1-3-5-11/h1-8,17H,9-10H2,(H,18,20). The molecule has 2 N–H and O–H groups in total. The van der Waals surface area contributed by atoms with Gasteiger partial charge in [-0.25, -0.2) is 0 Å². The van der Waals surface area contributed by atoms with Gasteiger partial charge in [0, 0.05) is 18.3 Å². The lowest BCUT2D eigenvalue weighted by molar-refractivity contribution is -0.387. The van der Waals surface area contributed by atoms with E-state index in [0.717, 1.165) is 17.7 Å². The smallest absolute Gasteiger partial charge is 0.306 e. The molecular formula is C15H14FN3O3. The molecule has 0 aliphatic rings. The molecule has 0 saturated heterocycles. The molecule has 0 saturated carbocycles. The number of carbonyl (C=O) groups excluding carboxylic acids is 1. The van der Waals surface area contributed by atoms with E-state index >= 15 is 0 Å². The van der Waals surface area contributed by atoms with Crippen LogP contribution in [-0.2, 0) is 11.3 Å². The van der Waals surface area contributed by atoms with Gasteiger partial charge in [0.1, 0.15) is 0 Å². The van der Waals surface area contributed by atoms with Gasteiger partial charge < -0.3 is 10.6 Å². The first-order valence-corrected chi connectivity index (χ1v) is 6.54. The number of nitrogens with one attached hydrogen (secondary N) is 2. The normalized spacial score (nSPS) is 10.0. The van der Waals surface area contributed by atoms with Crippen molar-refractivity contribution in [3.05, 3.63) is 70.0 Å². The lowest BCUT2D eigenvalue weighted by Gasteiger charge is -2.08. The highest BCUT2D eigenvalue weighted by Crippen LogP contribution is 2.21. The molecule has 7 heteroatoms. The molecule has 2 rings (SSSR count). The summed E-state index contributed by atoms with van der Waals surface area (Å²) in [7, 11) is 0. The largest absolute Gasteiger partial charge is 0.376 e. The van der Waals surface area contributed by atoms with Crippen LogP contribution in [0.5, 0.6) is 0 Å². The maximum absolute atomic E-state index is 13.2. The predicted molar refractivity (Wildman–Crippen MR) is 79.8 cm³/mol. The van der Waals surface area contributed by atoms with E-state index < -0.39 is 16.4 Å². The summed E-state index contributed by atoms with van der Waals surface area (Å²) in [6.45, 7) is 0.334. The van der Waals surface area contributed by atoms with Crippen molar-refractivity contribution in [2.24, 2.45) is 0 Å². The van der Waals surface area contributed by atoms with Gasteiger partial charge in [-0.05, 0) is 17.7 Å². The molecule has 0 bridgehead atoms. The summed E-state index contributed by atoms with van der Waals surface area (Å²) >= 11 is 0. The number of hydrogen-bond donors (Lipinski definition) is 2. The van der Waals surface area contributed by atoms with E-state index in [4.69, 9.17) is 0 Å². The van der Waals surface area contributed by atoms with Gasteiger partial charge in [0.2, 0.25) is 11.7 Å². The first kappa shape index (κ1) is 15.4. The van der Waals surface area contributed by atoms with Gasteiger partial charge in [-0.1, -0.05) is 30.3 Å². The number of benzene rings is 2. The third-order valence-electron chi connectivity index (χ3n) is 2.93. The molecule has 0 unspecified atom stereocenters. The van der Waals surface area contributed by atoms with Gasteiger partial charge in [0.05, 0.1) is 11.5 Å². The fourth-order valence-corrected chi connectivity index (χ4v) is 1.80. The molecule has 114 valence electrons. The second kappa shape index (κ2) is 7.16. The maximum Gasteiger partial charge on any atom is 0.306 e. The van der Waals surface area contributed by atoms with Crippen LogP contribution in [0.15, 0.2) is 48.5 Å². The molecule has 0 fully saturated rings. The Hall–Kier alpha value is -2.96. The minimum atomic E-state index is -0.913. The summed E-state index contributed by atoms with van der Waals surface area (Å²) in [5.74, 6) is -1.18. The van der Waals surface area contributed by atoms with Crippen LogP contribution in [0.1, 0.15) is 5.56 Å². The molecule has 0 heterocycles. The van der Waals surface area contributed by atoms with Crippen LogP contribution >= 0.6 is 0 Å². The van der Waals surface area contributed by atoms with Crippen molar-refractivity contribution in [1.29, 1.82) is 0 Å². The highest BCUT2D eigenvalue weighted by Gasteiger charge is 2.14. The molecule has 1 amide bonds. The molecular weight excluding hydrogens is 289 g/mol. The van der Waals surface area contributed by atoms with E-state index in [0.29, 0.717) is 12.2 Å². The van der Waals surface area contributed by atoms with E-state index in [2.05, 4.69) is 10.6 Å². The number of rotatable bonds is 6. The van der Waals surface area contributed by atoms with E-state index in [1.54, 1.807) is 0 Å². The van der Waals surface area contributed by atoms with Crippen molar-refractivity contribution in [2.45, 2.75) is 6.54 Å². The number of carbonyl (C=O) groups is 1. The minimum absolute atomic E-state index is 0.0599. The van der Waals surface area contributed by atoms with Gasteiger partial charge in [-0.3, -0.25) is 14.9 Å². The van der Waals surface area contributed by atoms with Gasteiger partial charge >= 0.3 is 5.69 Å². The molecule has 0 radical (unpaired) electrons. The van der Waals surface area contributed by atoms with Crippen LogP contribution < -0.4 is 10.6 Å². The number of nitro benzene ring substituents is 1. The SMILES string of the molecule is O=C(CNc1ccc(F)c([N+](=O)[O-])c1)NCc1ccccc1. The maximum atomic E-state index is 13.2. The molecule has 0 aliphatic heterocycles. The zero-order chi connectivity index (χ0) is 15.9. The van der Waals surface area contributed by atoms with E-state index in [-0.39, 0.29) is 12.5 Å². The average molecular weight is 303 g/mol. The number of amides is 1. The second-order valence-electron chi connectivity index (χ2n) is 4.54. The molecule has 0 aromatic heterocycles. The topological polar surface area (TPSA) is 84.3 Å². The van der Waals surface area contributed by atoms with Crippen LogP contribution in [0, 0.1) is 15.9 Å². The van der Waals surface area contributed by atoms with Crippen molar-refractivity contribution < 1.29 is 14.1 Å². The Bertz CT molecular complexity index is 677. The van der Waals surface area contributed by atoms with E-state index in [9.17, 15) is 19.3 Å². The van der Waals surface area contributed by atoms with Gasteiger partial charge in [0.15, 0.2) is 0 Å². The molecule has 0 spiro atoms.